The van der Waals surface area contributed by atoms with E-state index in [1.807, 2.05) is 84.6 Å². The predicted molar refractivity (Wildman–Crippen MR) is 135 cm³/mol. The normalized spacial score (nSPS) is 17.8. The van der Waals surface area contributed by atoms with Crippen LogP contribution in [0.1, 0.15) is 29.1 Å². The molecule has 1 saturated heterocycles. The first-order chi connectivity index (χ1) is 16.1. The third kappa shape index (κ3) is 3.96. The van der Waals surface area contributed by atoms with Crippen molar-refractivity contribution in [1.82, 2.24) is 10.3 Å². The fraction of sp³-hybridized carbons (Fsp3) is 0.154. The molecule has 5 rings (SSSR count). The molecule has 2 aromatic carbocycles. The zero-order valence-corrected chi connectivity index (χ0v) is 19.7. The zero-order valence-electron chi connectivity index (χ0n) is 18.2. The van der Waals surface area contributed by atoms with Crippen LogP contribution in [0.2, 0.25) is 5.02 Å². The Labute approximate surface area is 203 Å². The van der Waals surface area contributed by atoms with Crippen LogP contribution < -0.4 is 15.0 Å². The molecule has 0 saturated carbocycles. The van der Waals surface area contributed by atoms with Crippen LogP contribution in [0.25, 0.3) is 11.3 Å². The molecule has 0 unspecified atom stereocenters. The molecule has 0 spiro atoms. The van der Waals surface area contributed by atoms with Crippen LogP contribution in [0.15, 0.2) is 83.4 Å². The lowest BCUT2D eigenvalue weighted by molar-refractivity contribution is 0.409. The van der Waals surface area contributed by atoms with Crippen molar-refractivity contribution in [2.24, 2.45) is 0 Å². The van der Waals surface area contributed by atoms with E-state index in [0.29, 0.717) is 10.1 Å². The number of pyridine rings is 1. The van der Waals surface area contributed by atoms with E-state index in [9.17, 15) is 0 Å². The van der Waals surface area contributed by atoms with Crippen molar-refractivity contribution in [3.05, 3.63) is 101 Å². The van der Waals surface area contributed by atoms with Gasteiger partial charge in [-0.3, -0.25) is 4.98 Å². The first kappa shape index (κ1) is 21.5. The van der Waals surface area contributed by atoms with Gasteiger partial charge in [-0.25, -0.2) is 0 Å². The van der Waals surface area contributed by atoms with Crippen LogP contribution in [-0.4, -0.2) is 17.2 Å². The van der Waals surface area contributed by atoms with Gasteiger partial charge in [0.1, 0.15) is 23.3 Å². The fourth-order valence-electron chi connectivity index (χ4n) is 4.25. The van der Waals surface area contributed by atoms with Crippen molar-refractivity contribution in [2.45, 2.75) is 19.0 Å². The van der Waals surface area contributed by atoms with Gasteiger partial charge < -0.3 is 19.4 Å². The number of benzene rings is 2. The first-order valence-corrected chi connectivity index (χ1v) is 11.4. The summed E-state index contributed by atoms with van der Waals surface area (Å²) in [6, 6.07) is 23.0. The van der Waals surface area contributed by atoms with Crippen molar-refractivity contribution in [1.29, 1.82) is 0 Å². The molecule has 0 aliphatic carbocycles. The molecule has 5 nitrogen and oxygen atoms in total. The summed E-state index contributed by atoms with van der Waals surface area (Å²) in [7, 11) is 1.66. The van der Waals surface area contributed by atoms with E-state index in [1.54, 1.807) is 13.3 Å². The van der Waals surface area contributed by atoms with Gasteiger partial charge in [0.25, 0.3) is 0 Å². The van der Waals surface area contributed by atoms with E-state index in [0.717, 1.165) is 39.8 Å². The van der Waals surface area contributed by atoms with Gasteiger partial charge in [-0.15, -0.1) is 0 Å². The highest BCUT2D eigenvalue weighted by Crippen LogP contribution is 2.45. The highest BCUT2D eigenvalue weighted by Gasteiger charge is 2.43. The number of furan rings is 1. The lowest BCUT2D eigenvalue weighted by Gasteiger charge is -2.27. The van der Waals surface area contributed by atoms with E-state index < -0.39 is 0 Å². The summed E-state index contributed by atoms with van der Waals surface area (Å²) in [5, 5.41) is 4.69. The second kappa shape index (κ2) is 8.89. The molecule has 0 amide bonds. The Morgan fingerprint density at radius 1 is 1.06 bits per heavy atom. The van der Waals surface area contributed by atoms with Gasteiger partial charge in [0.15, 0.2) is 5.11 Å². The molecule has 3 heterocycles. The minimum atomic E-state index is -0.267. The highest BCUT2D eigenvalue weighted by molar-refractivity contribution is 7.80. The van der Waals surface area contributed by atoms with Crippen LogP contribution in [0, 0.1) is 6.92 Å². The standard InChI is InChI=1S/C26H22ClN3O2S/c1-16-10-11-17(27)15-18(16)21-12-13-23(32-21)25-24(19-7-5-6-14-28-19)29-26(33)30(25)20-8-3-4-9-22(20)31-2/h3-15,24-25H,1-2H3,(H,29,33)/t24-,25-/m1/s1. The highest BCUT2D eigenvalue weighted by atomic mass is 35.5. The van der Waals surface area contributed by atoms with Crippen LogP contribution >= 0.6 is 23.8 Å². The lowest BCUT2D eigenvalue weighted by atomic mass is 10.0. The zero-order chi connectivity index (χ0) is 22.9. The molecular formula is C26H22ClN3O2S. The Morgan fingerprint density at radius 3 is 2.67 bits per heavy atom. The van der Waals surface area contributed by atoms with Gasteiger partial charge in [-0.05, 0) is 73.2 Å². The van der Waals surface area contributed by atoms with Gasteiger partial charge in [0, 0.05) is 16.8 Å². The molecule has 7 heteroatoms. The monoisotopic (exact) mass is 475 g/mol. The summed E-state index contributed by atoms with van der Waals surface area (Å²) in [6.45, 7) is 2.04. The quantitative estimate of drug-likeness (QED) is 0.333. The van der Waals surface area contributed by atoms with Crippen LogP contribution in [0.4, 0.5) is 5.69 Å². The Balaban J connectivity index is 1.64. The number of methoxy groups -OCH3 is 1. The number of aromatic nitrogens is 1. The number of aryl methyl sites for hydroxylation is 1. The second-order valence-electron chi connectivity index (χ2n) is 7.83. The molecular weight excluding hydrogens is 454 g/mol. The van der Waals surface area contributed by atoms with Crippen LogP contribution in [0.3, 0.4) is 0 Å². The Bertz CT molecular complexity index is 1310. The fourth-order valence-corrected chi connectivity index (χ4v) is 4.76. The Kier molecular flexibility index (Phi) is 5.79. The number of hydrogen-bond acceptors (Lipinski definition) is 4. The molecule has 1 aliphatic heterocycles. The number of halogens is 1. The third-order valence-electron chi connectivity index (χ3n) is 5.83. The van der Waals surface area contributed by atoms with Gasteiger partial charge in [-0.1, -0.05) is 35.9 Å². The Morgan fingerprint density at radius 2 is 1.88 bits per heavy atom. The maximum atomic E-state index is 6.45. The van der Waals surface area contributed by atoms with Crippen molar-refractivity contribution < 1.29 is 9.15 Å². The molecule has 33 heavy (non-hydrogen) atoms. The van der Waals surface area contributed by atoms with Crippen molar-refractivity contribution >= 4 is 34.6 Å². The molecule has 1 N–H and O–H groups in total. The number of nitrogens with one attached hydrogen (secondary N) is 1. The largest absolute Gasteiger partial charge is 0.495 e. The number of rotatable bonds is 5. The molecule has 2 atom stereocenters. The summed E-state index contributed by atoms with van der Waals surface area (Å²) in [5.41, 5.74) is 3.78. The number of para-hydroxylation sites is 2. The van der Waals surface area contributed by atoms with Crippen molar-refractivity contribution in [3.63, 3.8) is 0 Å². The summed E-state index contributed by atoms with van der Waals surface area (Å²) < 4.78 is 12.1. The third-order valence-corrected chi connectivity index (χ3v) is 6.38. The second-order valence-corrected chi connectivity index (χ2v) is 8.65. The van der Waals surface area contributed by atoms with E-state index in [1.165, 1.54) is 0 Å². The smallest absolute Gasteiger partial charge is 0.174 e. The minimum absolute atomic E-state index is 0.205. The van der Waals surface area contributed by atoms with Crippen molar-refractivity contribution in [3.8, 4) is 17.1 Å². The van der Waals surface area contributed by atoms with Gasteiger partial charge in [-0.2, -0.15) is 0 Å². The molecule has 1 fully saturated rings. The number of ether oxygens (including phenoxy) is 1. The molecule has 2 aromatic heterocycles. The number of thiocarbonyl (C=S) groups is 1. The van der Waals surface area contributed by atoms with Gasteiger partial charge in [0.05, 0.1) is 24.5 Å². The molecule has 4 aromatic rings. The maximum Gasteiger partial charge on any atom is 0.174 e. The average Bonchev–Trinajstić information content (AvgIpc) is 3.45. The molecule has 0 bridgehead atoms. The van der Waals surface area contributed by atoms with E-state index in [-0.39, 0.29) is 12.1 Å². The summed E-state index contributed by atoms with van der Waals surface area (Å²) in [4.78, 5) is 6.64. The SMILES string of the molecule is COc1ccccc1N1C(=S)N[C@H](c2ccccn2)[C@H]1c1ccc(-c2cc(Cl)ccc2C)o1. The summed E-state index contributed by atoms with van der Waals surface area (Å²) in [6.07, 6.45) is 1.78. The number of hydrogen-bond donors (Lipinski definition) is 1. The minimum Gasteiger partial charge on any atom is -0.495 e. The topological polar surface area (TPSA) is 50.5 Å². The summed E-state index contributed by atoms with van der Waals surface area (Å²) >= 11 is 12.1. The number of nitrogens with zero attached hydrogens (tertiary/aromatic N) is 2. The van der Waals surface area contributed by atoms with Crippen LogP contribution in [-0.2, 0) is 0 Å². The van der Waals surface area contributed by atoms with Gasteiger partial charge >= 0.3 is 0 Å². The molecule has 1 aliphatic rings. The molecule has 0 radical (unpaired) electrons. The maximum absolute atomic E-state index is 6.45. The number of anilines is 1. The predicted octanol–water partition coefficient (Wildman–Crippen LogP) is 6.49. The van der Waals surface area contributed by atoms with E-state index in [4.69, 9.17) is 33.0 Å². The van der Waals surface area contributed by atoms with E-state index in [2.05, 4.69) is 10.3 Å². The lowest BCUT2D eigenvalue weighted by Crippen LogP contribution is -2.29. The summed E-state index contributed by atoms with van der Waals surface area (Å²) in [5.74, 6) is 2.24. The molecule has 166 valence electrons. The first-order valence-electron chi connectivity index (χ1n) is 10.6. The average molecular weight is 476 g/mol. The van der Waals surface area contributed by atoms with Crippen molar-refractivity contribution in [2.75, 3.05) is 12.0 Å². The van der Waals surface area contributed by atoms with Crippen LogP contribution in [0.5, 0.6) is 5.75 Å². The van der Waals surface area contributed by atoms with Gasteiger partial charge in [0.2, 0.25) is 0 Å². The van der Waals surface area contributed by atoms with E-state index >= 15 is 0 Å². The Hall–Kier alpha value is -3.35.